The second-order valence-electron chi connectivity index (χ2n) is 8.44. The Morgan fingerprint density at radius 2 is 1.72 bits per heavy atom. The van der Waals surface area contributed by atoms with Crippen molar-refractivity contribution in [3.05, 3.63) is 78.6 Å². The predicted molar refractivity (Wildman–Crippen MR) is 124 cm³/mol. The number of benzene rings is 2. The molecule has 7 heteroatoms. The average molecular weight is 422 g/mol. The zero-order valence-corrected chi connectivity index (χ0v) is 17.8. The highest BCUT2D eigenvalue weighted by atomic mass is 15.3. The van der Waals surface area contributed by atoms with Gasteiger partial charge < -0.3 is 5.73 Å². The molecule has 0 radical (unpaired) electrons. The van der Waals surface area contributed by atoms with Crippen molar-refractivity contribution in [2.75, 3.05) is 0 Å². The number of aryl methyl sites for hydroxylation is 1. The summed E-state index contributed by atoms with van der Waals surface area (Å²) in [5, 5.41) is 4.34. The Balaban J connectivity index is 1.56. The number of hydrogen-bond acceptors (Lipinski definition) is 5. The third-order valence-corrected chi connectivity index (χ3v) is 6.43. The first-order valence-corrected chi connectivity index (χ1v) is 10.8. The second kappa shape index (κ2) is 7.10. The lowest BCUT2D eigenvalue weighted by Gasteiger charge is -2.38. The van der Waals surface area contributed by atoms with Crippen LogP contribution in [-0.2, 0) is 12.6 Å². The van der Waals surface area contributed by atoms with E-state index in [1.54, 1.807) is 12.4 Å². The third kappa shape index (κ3) is 2.93. The molecule has 158 valence electrons. The number of aromatic nitrogens is 6. The first kappa shape index (κ1) is 18.9. The number of nitrogens with two attached hydrogens (primary N) is 1. The van der Waals surface area contributed by atoms with E-state index in [0.29, 0.717) is 5.82 Å². The fourth-order valence-corrected chi connectivity index (χ4v) is 4.40. The van der Waals surface area contributed by atoms with Crippen LogP contribution in [0, 0.1) is 0 Å². The van der Waals surface area contributed by atoms with Gasteiger partial charge in [-0.3, -0.25) is 9.25 Å². The molecule has 0 saturated heterocycles. The minimum Gasteiger partial charge on any atom is -0.321 e. The van der Waals surface area contributed by atoms with Gasteiger partial charge in [0.05, 0.1) is 6.20 Å². The van der Waals surface area contributed by atoms with Gasteiger partial charge >= 0.3 is 0 Å². The van der Waals surface area contributed by atoms with Crippen molar-refractivity contribution in [1.82, 2.24) is 29.3 Å². The summed E-state index contributed by atoms with van der Waals surface area (Å²) < 4.78 is 3.90. The van der Waals surface area contributed by atoms with Crippen molar-refractivity contribution in [3.63, 3.8) is 0 Å². The highest BCUT2D eigenvalue weighted by Crippen LogP contribution is 2.39. The summed E-state index contributed by atoms with van der Waals surface area (Å²) in [6.07, 6.45) is 6.83. The van der Waals surface area contributed by atoms with E-state index in [-0.39, 0.29) is 5.54 Å². The quantitative estimate of drug-likeness (QED) is 0.469. The molecule has 7 nitrogen and oxygen atoms in total. The zero-order valence-electron chi connectivity index (χ0n) is 17.8. The Bertz CT molecular complexity index is 1410. The number of nitrogens with zero attached hydrogens (tertiary/aromatic N) is 6. The highest BCUT2D eigenvalue weighted by Gasteiger charge is 2.34. The SMILES string of the molecule is Cn1nccc1-c1nc2cnc(-c3ccccc3)nc2n1-c1ccc(C2(N)CCC2)cc1. The van der Waals surface area contributed by atoms with Crippen molar-refractivity contribution in [1.29, 1.82) is 0 Å². The Hall–Kier alpha value is -3.84. The Kier molecular flexibility index (Phi) is 4.19. The molecule has 2 aromatic carbocycles. The molecule has 0 unspecified atom stereocenters. The Morgan fingerprint density at radius 3 is 2.38 bits per heavy atom. The molecule has 3 aromatic heterocycles. The molecule has 32 heavy (non-hydrogen) atoms. The van der Waals surface area contributed by atoms with Crippen LogP contribution in [0.2, 0.25) is 0 Å². The van der Waals surface area contributed by atoms with E-state index < -0.39 is 0 Å². The summed E-state index contributed by atoms with van der Waals surface area (Å²) in [7, 11) is 1.91. The molecule has 5 aromatic rings. The molecule has 1 saturated carbocycles. The molecule has 3 heterocycles. The van der Waals surface area contributed by atoms with E-state index in [1.165, 1.54) is 12.0 Å². The maximum absolute atomic E-state index is 6.54. The molecule has 0 atom stereocenters. The molecule has 0 bridgehead atoms. The lowest BCUT2D eigenvalue weighted by molar-refractivity contribution is 0.253. The number of rotatable bonds is 4. The molecule has 0 aliphatic heterocycles. The van der Waals surface area contributed by atoms with Crippen molar-refractivity contribution in [2.45, 2.75) is 24.8 Å². The van der Waals surface area contributed by atoms with Crippen LogP contribution >= 0.6 is 0 Å². The summed E-state index contributed by atoms with van der Waals surface area (Å²) in [5.74, 6) is 1.45. The first-order valence-electron chi connectivity index (χ1n) is 10.8. The summed E-state index contributed by atoms with van der Waals surface area (Å²) in [6, 6.07) is 20.4. The summed E-state index contributed by atoms with van der Waals surface area (Å²) in [6.45, 7) is 0. The molecule has 2 N–H and O–H groups in total. The standard InChI is InChI=1S/C25H23N7/c1-31-21(12-15-28-31)24-29-20-16-27-22(17-6-3-2-4-7-17)30-23(20)32(24)19-10-8-18(9-11-19)25(26)13-5-14-25/h2-4,6-12,15-16H,5,13-14,26H2,1H3. The fraction of sp³-hybridized carbons (Fsp3) is 0.200. The minimum atomic E-state index is -0.191. The third-order valence-electron chi connectivity index (χ3n) is 6.43. The molecule has 1 aliphatic carbocycles. The van der Waals surface area contributed by atoms with Crippen LogP contribution in [0.1, 0.15) is 24.8 Å². The van der Waals surface area contributed by atoms with Gasteiger partial charge in [-0.2, -0.15) is 5.10 Å². The van der Waals surface area contributed by atoms with Crippen LogP contribution in [0.5, 0.6) is 0 Å². The minimum absolute atomic E-state index is 0.191. The van der Waals surface area contributed by atoms with Crippen LogP contribution < -0.4 is 5.73 Å². The van der Waals surface area contributed by atoms with Crippen LogP contribution in [0.25, 0.3) is 39.8 Å². The highest BCUT2D eigenvalue weighted by molar-refractivity contribution is 5.80. The molecular formula is C25H23N7. The van der Waals surface area contributed by atoms with Crippen LogP contribution in [0.4, 0.5) is 0 Å². The summed E-state index contributed by atoms with van der Waals surface area (Å²) >= 11 is 0. The number of hydrogen-bond donors (Lipinski definition) is 1. The van der Waals surface area contributed by atoms with Crippen molar-refractivity contribution in [3.8, 4) is 28.6 Å². The van der Waals surface area contributed by atoms with Crippen molar-refractivity contribution < 1.29 is 0 Å². The first-order chi connectivity index (χ1) is 15.6. The average Bonchev–Trinajstić information content (AvgIpc) is 3.40. The number of fused-ring (bicyclic) bond motifs is 1. The van der Waals surface area contributed by atoms with E-state index in [4.69, 9.17) is 15.7 Å². The Morgan fingerprint density at radius 1 is 0.938 bits per heavy atom. The monoisotopic (exact) mass is 421 g/mol. The van der Waals surface area contributed by atoms with Crippen LogP contribution in [-0.4, -0.2) is 29.3 Å². The lowest BCUT2D eigenvalue weighted by atomic mass is 9.73. The van der Waals surface area contributed by atoms with Crippen LogP contribution in [0.3, 0.4) is 0 Å². The largest absolute Gasteiger partial charge is 0.321 e. The van der Waals surface area contributed by atoms with Gasteiger partial charge in [0.2, 0.25) is 0 Å². The van der Waals surface area contributed by atoms with Crippen molar-refractivity contribution >= 4 is 11.2 Å². The van der Waals surface area contributed by atoms with Gasteiger partial charge in [0, 0.05) is 30.0 Å². The van der Waals surface area contributed by atoms with Gasteiger partial charge in [-0.1, -0.05) is 42.5 Å². The van der Waals surface area contributed by atoms with Gasteiger partial charge in [-0.15, -0.1) is 0 Å². The smallest absolute Gasteiger partial charge is 0.169 e. The van der Waals surface area contributed by atoms with E-state index in [2.05, 4.69) is 38.9 Å². The molecule has 1 aliphatic rings. The maximum atomic E-state index is 6.54. The van der Waals surface area contributed by atoms with Gasteiger partial charge in [0.15, 0.2) is 17.3 Å². The summed E-state index contributed by atoms with van der Waals surface area (Å²) in [5.41, 5.74) is 11.9. The molecule has 0 amide bonds. The predicted octanol–water partition coefficient (Wildman–Crippen LogP) is 4.22. The van der Waals surface area contributed by atoms with Gasteiger partial charge in [-0.05, 0) is 43.0 Å². The topological polar surface area (TPSA) is 87.4 Å². The van der Waals surface area contributed by atoms with Gasteiger partial charge in [-0.25, -0.2) is 15.0 Å². The van der Waals surface area contributed by atoms with Gasteiger partial charge in [0.1, 0.15) is 11.2 Å². The Labute approximate surface area is 185 Å². The van der Waals surface area contributed by atoms with Gasteiger partial charge in [0.25, 0.3) is 0 Å². The fourth-order valence-electron chi connectivity index (χ4n) is 4.40. The molecule has 0 spiro atoms. The molecular weight excluding hydrogens is 398 g/mol. The van der Waals surface area contributed by atoms with E-state index >= 15 is 0 Å². The second-order valence-corrected chi connectivity index (χ2v) is 8.44. The lowest BCUT2D eigenvalue weighted by Crippen LogP contribution is -2.43. The molecule has 1 fully saturated rings. The maximum Gasteiger partial charge on any atom is 0.169 e. The van der Waals surface area contributed by atoms with E-state index in [9.17, 15) is 0 Å². The molecule has 6 rings (SSSR count). The van der Waals surface area contributed by atoms with E-state index in [1.807, 2.05) is 48.1 Å². The summed E-state index contributed by atoms with van der Waals surface area (Å²) in [4.78, 5) is 14.4. The van der Waals surface area contributed by atoms with Crippen molar-refractivity contribution in [2.24, 2.45) is 12.8 Å². The van der Waals surface area contributed by atoms with Crippen LogP contribution in [0.15, 0.2) is 73.1 Å². The zero-order chi connectivity index (χ0) is 21.7. The van der Waals surface area contributed by atoms with E-state index in [0.717, 1.165) is 46.8 Å². The normalized spacial score (nSPS) is 15.1. The number of imidazole rings is 1.